The largest absolute Gasteiger partial charge is 0.458 e. The van der Waals surface area contributed by atoms with Gasteiger partial charge in [0.2, 0.25) is 0 Å². The van der Waals surface area contributed by atoms with Crippen LogP contribution in [-0.2, 0) is 33.1 Å². The minimum Gasteiger partial charge on any atom is -0.458 e. The van der Waals surface area contributed by atoms with Gasteiger partial charge in [-0.25, -0.2) is 14.2 Å². The van der Waals surface area contributed by atoms with Crippen molar-refractivity contribution in [3.05, 3.63) is 56.1 Å². The molecule has 4 aliphatic heterocycles. The Morgan fingerprint density at radius 2 is 2.05 bits per heavy atom. The van der Waals surface area contributed by atoms with E-state index < -0.39 is 29.5 Å². The van der Waals surface area contributed by atoms with E-state index in [1.54, 1.807) is 29.4 Å². The van der Waals surface area contributed by atoms with E-state index in [2.05, 4.69) is 0 Å². The molecule has 3 aromatic rings. The second-order valence-corrected chi connectivity index (χ2v) is 11.4. The average Bonchev–Trinajstić information content (AvgIpc) is 3.44. The number of pyridine rings is 2. The van der Waals surface area contributed by atoms with Crippen molar-refractivity contribution in [2.45, 2.75) is 62.5 Å². The third kappa shape index (κ3) is 2.89. The fraction of sp³-hybridized carbons (Fsp3) is 0.407. The van der Waals surface area contributed by atoms with Crippen LogP contribution in [0.25, 0.3) is 22.3 Å². The van der Waals surface area contributed by atoms with Gasteiger partial charge >= 0.3 is 5.97 Å². The first-order valence-corrected chi connectivity index (χ1v) is 13.6. The summed E-state index contributed by atoms with van der Waals surface area (Å²) in [5.41, 5.74) is 1.44. The molecular weight excluding hydrogens is 513 g/mol. The standard InChI is InChI=1S/C27H24FN3O6S/c1-3-27(36)14-6-17-22-12(8-31(17)24(33)13(14)9-37-26(27)35)20-18(30-5-4-19(32)25(30)34)10-38-23-11(2)15(28)7-16(29-22)21(20)23/h6-7,18-19,32,36H,3-5,8-10H2,1-2H3/t18?,19?,27-/m0/s1. The van der Waals surface area contributed by atoms with E-state index in [4.69, 9.17) is 9.72 Å². The lowest BCUT2D eigenvalue weighted by molar-refractivity contribution is -0.172. The highest BCUT2D eigenvalue weighted by molar-refractivity contribution is 7.99. The molecule has 2 unspecified atom stereocenters. The molecule has 11 heteroatoms. The second kappa shape index (κ2) is 7.87. The van der Waals surface area contributed by atoms with Crippen molar-refractivity contribution < 1.29 is 28.9 Å². The summed E-state index contributed by atoms with van der Waals surface area (Å²) in [4.78, 5) is 46.3. The quantitative estimate of drug-likeness (QED) is 0.374. The molecule has 2 N–H and O–H groups in total. The molecule has 3 atom stereocenters. The molecule has 196 valence electrons. The number of rotatable bonds is 2. The van der Waals surface area contributed by atoms with Crippen molar-refractivity contribution in [1.29, 1.82) is 0 Å². The number of benzene rings is 1. The molecule has 1 fully saturated rings. The lowest BCUT2D eigenvalue weighted by Gasteiger charge is -2.34. The number of thioether (sulfide) groups is 1. The predicted molar refractivity (Wildman–Crippen MR) is 135 cm³/mol. The van der Waals surface area contributed by atoms with E-state index in [0.717, 1.165) is 21.4 Å². The number of cyclic esters (lactones) is 1. The molecule has 4 aliphatic rings. The number of fused-ring (bicyclic) bond motifs is 5. The predicted octanol–water partition coefficient (Wildman–Crippen LogP) is 2.27. The molecular formula is C27H24FN3O6S. The monoisotopic (exact) mass is 537 g/mol. The number of hydrogen-bond donors (Lipinski definition) is 2. The zero-order chi connectivity index (χ0) is 26.7. The lowest BCUT2D eigenvalue weighted by Crippen LogP contribution is -2.44. The number of carbonyl (C=O) groups is 2. The molecule has 0 radical (unpaired) electrons. The van der Waals surface area contributed by atoms with Crippen LogP contribution in [0.2, 0.25) is 0 Å². The Kier molecular flexibility index (Phi) is 4.93. The molecule has 0 aliphatic carbocycles. The van der Waals surface area contributed by atoms with E-state index in [-0.39, 0.29) is 42.2 Å². The number of aliphatic hydroxyl groups is 2. The Balaban J connectivity index is 1.53. The molecule has 1 amide bonds. The number of aromatic nitrogens is 2. The normalized spacial score (nSPS) is 25.4. The number of halogens is 1. The van der Waals surface area contributed by atoms with Crippen molar-refractivity contribution in [3.63, 3.8) is 0 Å². The summed E-state index contributed by atoms with van der Waals surface area (Å²) < 4.78 is 21.7. The Labute approximate surface area is 220 Å². The second-order valence-electron chi connectivity index (χ2n) is 10.3. The van der Waals surface area contributed by atoms with Gasteiger partial charge in [0.1, 0.15) is 18.5 Å². The zero-order valence-corrected chi connectivity index (χ0v) is 21.5. The molecule has 0 spiro atoms. The summed E-state index contributed by atoms with van der Waals surface area (Å²) >= 11 is 1.46. The van der Waals surface area contributed by atoms with E-state index in [0.29, 0.717) is 41.2 Å². The van der Waals surface area contributed by atoms with Gasteiger partial charge in [-0.15, -0.1) is 11.8 Å². The Bertz CT molecular complexity index is 1690. The molecule has 1 saturated heterocycles. The molecule has 0 bridgehead atoms. The van der Waals surface area contributed by atoms with Crippen molar-refractivity contribution in [3.8, 4) is 11.4 Å². The van der Waals surface area contributed by atoms with Crippen LogP contribution in [0, 0.1) is 12.7 Å². The highest BCUT2D eigenvalue weighted by Gasteiger charge is 2.46. The van der Waals surface area contributed by atoms with Gasteiger partial charge in [-0.1, -0.05) is 6.92 Å². The number of hydrogen-bond acceptors (Lipinski definition) is 8. The van der Waals surface area contributed by atoms with Crippen LogP contribution in [0.1, 0.15) is 53.6 Å². The number of nitrogens with zero attached hydrogens (tertiary/aromatic N) is 3. The maximum atomic E-state index is 15.0. The van der Waals surface area contributed by atoms with Crippen LogP contribution < -0.4 is 5.56 Å². The first-order valence-electron chi connectivity index (χ1n) is 12.6. The third-order valence-corrected chi connectivity index (χ3v) is 9.75. The van der Waals surface area contributed by atoms with Crippen molar-refractivity contribution in [2.75, 3.05) is 12.3 Å². The highest BCUT2D eigenvalue weighted by atomic mass is 32.2. The number of amides is 1. The van der Waals surface area contributed by atoms with E-state index >= 15 is 4.39 Å². The smallest absolute Gasteiger partial charge is 0.343 e. The number of likely N-dealkylation sites (tertiary alicyclic amines) is 1. The summed E-state index contributed by atoms with van der Waals surface area (Å²) in [5.74, 6) is -1.07. The van der Waals surface area contributed by atoms with Gasteiger partial charge < -0.3 is 24.4 Å². The van der Waals surface area contributed by atoms with Gasteiger partial charge in [0.05, 0.1) is 35.1 Å². The summed E-state index contributed by atoms with van der Waals surface area (Å²) in [6, 6.07) is 2.61. The minimum atomic E-state index is -1.95. The number of esters is 1. The van der Waals surface area contributed by atoms with Gasteiger partial charge in [0.25, 0.3) is 11.5 Å². The number of carbonyl (C=O) groups excluding carboxylic acids is 2. The molecule has 9 nitrogen and oxygen atoms in total. The van der Waals surface area contributed by atoms with Gasteiger partial charge in [0.15, 0.2) is 5.60 Å². The van der Waals surface area contributed by atoms with Crippen molar-refractivity contribution >= 4 is 34.5 Å². The molecule has 6 heterocycles. The van der Waals surface area contributed by atoms with Crippen molar-refractivity contribution in [1.82, 2.24) is 14.5 Å². The Morgan fingerprint density at radius 1 is 1.26 bits per heavy atom. The highest BCUT2D eigenvalue weighted by Crippen LogP contribution is 2.50. The van der Waals surface area contributed by atoms with Gasteiger partial charge in [-0.2, -0.15) is 0 Å². The third-order valence-electron chi connectivity index (χ3n) is 8.47. The fourth-order valence-corrected chi connectivity index (χ4v) is 7.69. The average molecular weight is 538 g/mol. The van der Waals surface area contributed by atoms with Gasteiger partial charge in [0, 0.05) is 39.8 Å². The first kappa shape index (κ1) is 23.8. The molecule has 0 saturated carbocycles. The van der Waals surface area contributed by atoms with E-state index in [1.807, 2.05) is 0 Å². The van der Waals surface area contributed by atoms with Crippen molar-refractivity contribution in [2.24, 2.45) is 0 Å². The van der Waals surface area contributed by atoms with Crippen LogP contribution in [0.4, 0.5) is 4.39 Å². The fourth-order valence-electron chi connectivity index (χ4n) is 6.35. The van der Waals surface area contributed by atoms with Crippen LogP contribution >= 0.6 is 11.8 Å². The summed E-state index contributed by atoms with van der Waals surface area (Å²) in [5, 5.41) is 22.1. The number of aliphatic hydroxyl groups excluding tert-OH is 1. The maximum Gasteiger partial charge on any atom is 0.343 e. The summed E-state index contributed by atoms with van der Waals surface area (Å²) in [7, 11) is 0. The van der Waals surface area contributed by atoms with E-state index in [1.165, 1.54) is 17.8 Å². The molecule has 38 heavy (non-hydrogen) atoms. The Hall–Kier alpha value is -3.28. The van der Waals surface area contributed by atoms with Crippen LogP contribution in [-0.4, -0.2) is 54.9 Å². The molecule has 1 aromatic carbocycles. The van der Waals surface area contributed by atoms with Crippen LogP contribution in [0.5, 0.6) is 0 Å². The van der Waals surface area contributed by atoms with E-state index in [9.17, 15) is 24.6 Å². The zero-order valence-electron chi connectivity index (χ0n) is 20.7. The summed E-state index contributed by atoms with van der Waals surface area (Å²) in [6.45, 7) is 3.69. The van der Waals surface area contributed by atoms with Gasteiger partial charge in [-0.3, -0.25) is 9.59 Å². The van der Waals surface area contributed by atoms with Crippen LogP contribution in [0.15, 0.2) is 21.8 Å². The molecule has 2 aromatic heterocycles. The minimum absolute atomic E-state index is 0.0253. The topological polar surface area (TPSA) is 122 Å². The Morgan fingerprint density at radius 3 is 2.76 bits per heavy atom. The van der Waals surface area contributed by atoms with Crippen LogP contribution in [0.3, 0.4) is 0 Å². The maximum absolute atomic E-state index is 15.0. The number of ether oxygens (including phenoxy) is 1. The first-order chi connectivity index (χ1) is 18.2. The van der Waals surface area contributed by atoms with Gasteiger partial charge in [-0.05, 0) is 37.0 Å². The SMILES string of the molecule is CC[C@@]1(O)C(=O)OCc2c1cc1n(c2=O)Cc2c-1nc1cc(F)c(C)c3c1c2C(N1CCC(O)C1=O)CS3. The lowest BCUT2D eigenvalue weighted by atomic mass is 9.86. The summed E-state index contributed by atoms with van der Waals surface area (Å²) in [6.07, 6.45) is -0.697. The molecule has 7 rings (SSSR count).